The predicted octanol–water partition coefficient (Wildman–Crippen LogP) is 3.69. The number of aromatic nitrogens is 1. The molecular formula is C11H13Cl2N. The third-order valence-electron chi connectivity index (χ3n) is 2.68. The molecule has 1 aliphatic carbocycles. The molecule has 1 aromatic rings. The van der Waals surface area contributed by atoms with Crippen LogP contribution >= 0.6 is 23.2 Å². The van der Waals surface area contributed by atoms with Crippen LogP contribution in [0, 0.1) is 5.92 Å². The van der Waals surface area contributed by atoms with Crippen LogP contribution in [0.1, 0.15) is 24.8 Å². The van der Waals surface area contributed by atoms with Crippen molar-refractivity contribution in [2.45, 2.75) is 31.1 Å². The second kappa shape index (κ2) is 4.50. The maximum absolute atomic E-state index is 6.22. The van der Waals surface area contributed by atoms with Crippen LogP contribution in [-0.4, -0.2) is 10.4 Å². The molecule has 0 N–H and O–H groups in total. The maximum atomic E-state index is 6.22. The Morgan fingerprint density at radius 3 is 2.93 bits per heavy atom. The minimum absolute atomic E-state index is 0.333. The lowest BCUT2D eigenvalue weighted by molar-refractivity contribution is 0.676. The summed E-state index contributed by atoms with van der Waals surface area (Å²) < 4.78 is 0. The van der Waals surface area contributed by atoms with Crippen LogP contribution < -0.4 is 0 Å². The van der Waals surface area contributed by atoms with Crippen LogP contribution in [0.2, 0.25) is 5.02 Å². The lowest BCUT2D eigenvalue weighted by Gasteiger charge is -2.08. The van der Waals surface area contributed by atoms with E-state index in [4.69, 9.17) is 23.2 Å². The van der Waals surface area contributed by atoms with Crippen molar-refractivity contribution in [1.82, 2.24) is 4.98 Å². The zero-order valence-electron chi connectivity index (χ0n) is 7.92. The molecule has 1 aromatic heterocycles. The Bertz CT molecular complexity index is 310. The third-order valence-corrected chi connectivity index (χ3v) is 3.59. The molecule has 14 heavy (non-hydrogen) atoms. The monoisotopic (exact) mass is 229 g/mol. The molecule has 0 radical (unpaired) electrons. The summed E-state index contributed by atoms with van der Waals surface area (Å²) in [5.74, 6) is 0.761. The fraction of sp³-hybridized carbons (Fsp3) is 0.545. The van der Waals surface area contributed by atoms with E-state index >= 15 is 0 Å². The predicted molar refractivity (Wildman–Crippen MR) is 59.9 cm³/mol. The van der Waals surface area contributed by atoms with Gasteiger partial charge in [-0.15, -0.1) is 11.6 Å². The molecule has 0 aliphatic heterocycles. The van der Waals surface area contributed by atoms with E-state index < -0.39 is 0 Å². The first-order valence-electron chi connectivity index (χ1n) is 5.00. The van der Waals surface area contributed by atoms with E-state index in [0.717, 1.165) is 29.3 Å². The van der Waals surface area contributed by atoms with Crippen molar-refractivity contribution >= 4 is 23.2 Å². The quantitative estimate of drug-likeness (QED) is 0.719. The van der Waals surface area contributed by atoms with Gasteiger partial charge in [0.15, 0.2) is 0 Å². The van der Waals surface area contributed by atoms with Crippen molar-refractivity contribution in [3.05, 3.63) is 29.0 Å². The van der Waals surface area contributed by atoms with Crippen molar-refractivity contribution in [3.8, 4) is 0 Å². The lowest BCUT2D eigenvalue weighted by Crippen LogP contribution is -2.03. The summed E-state index contributed by atoms with van der Waals surface area (Å²) in [5, 5.41) is 1.09. The van der Waals surface area contributed by atoms with Crippen LogP contribution in [-0.2, 0) is 6.42 Å². The second-order valence-corrected chi connectivity index (χ2v) is 4.83. The van der Waals surface area contributed by atoms with E-state index in [2.05, 4.69) is 4.98 Å². The zero-order chi connectivity index (χ0) is 9.97. The van der Waals surface area contributed by atoms with E-state index in [9.17, 15) is 0 Å². The molecule has 1 nitrogen and oxygen atoms in total. The van der Waals surface area contributed by atoms with E-state index in [1.165, 1.54) is 12.8 Å². The number of rotatable bonds is 4. The van der Waals surface area contributed by atoms with Crippen LogP contribution in [0.15, 0.2) is 18.5 Å². The second-order valence-electron chi connectivity index (χ2n) is 3.86. The van der Waals surface area contributed by atoms with Crippen molar-refractivity contribution in [2.24, 2.45) is 5.92 Å². The van der Waals surface area contributed by atoms with Gasteiger partial charge in [0.1, 0.15) is 0 Å². The summed E-state index contributed by atoms with van der Waals surface area (Å²) in [5.41, 5.74) is 1.16. The first-order valence-corrected chi connectivity index (χ1v) is 5.81. The molecule has 0 saturated heterocycles. The Balaban J connectivity index is 1.87. The van der Waals surface area contributed by atoms with E-state index in [1.54, 1.807) is 12.4 Å². The molecule has 0 bridgehead atoms. The highest BCUT2D eigenvalue weighted by Crippen LogP contribution is 2.37. The maximum Gasteiger partial charge on any atom is 0.0621 e. The Labute approximate surface area is 94.4 Å². The average Bonchev–Trinajstić information content (AvgIpc) is 2.99. The molecule has 2 rings (SSSR count). The first kappa shape index (κ1) is 10.3. The summed E-state index contributed by atoms with van der Waals surface area (Å²) in [4.78, 5) is 3.95. The third kappa shape index (κ3) is 2.61. The standard InChI is InChI=1S/C11H13Cl2N/c12-10(8-1-2-8)4-3-9-5-6-14-7-11(9)13/h5-8,10H,1-4H2. The van der Waals surface area contributed by atoms with E-state index in [-0.39, 0.29) is 0 Å². The van der Waals surface area contributed by atoms with Gasteiger partial charge in [0.25, 0.3) is 0 Å². The number of alkyl halides is 1. The molecule has 1 heterocycles. The van der Waals surface area contributed by atoms with Crippen molar-refractivity contribution < 1.29 is 0 Å². The average molecular weight is 230 g/mol. The molecular weight excluding hydrogens is 217 g/mol. The van der Waals surface area contributed by atoms with Gasteiger partial charge in [0.05, 0.1) is 5.02 Å². The van der Waals surface area contributed by atoms with Gasteiger partial charge in [-0.1, -0.05) is 11.6 Å². The number of halogens is 2. The number of pyridine rings is 1. The van der Waals surface area contributed by atoms with E-state index in [1.807, 2.05) is 6.07 Å². The zero-order valence-corrected chi connectivity index (χ0v) is 9.43. The number of aryl methyl sites for hydroxylation is 1. The summed E-state index contributed by atoms with van der Waals surface area (Å²) >= 11 is 12.2. The molecule has 76 valence electrons. The Morgan fingerprint density at radius 1 is 1.50 bits per heavy atom. The van der Waals surface area contributed by atoms with Gasteiger partial charge in [-0.2, -0.15) is 0 Å². The Kier molecular flexibility index (Phi) is 3.30. The molecule has 0 amide bonds. The Morgan fingerprint density at radius 2 is 2.29 bits per heavy atom. The van der Waals surface area contributed by atoms with Gasteiger partial charge >= 0.3 is 0 Å². The van der Waals surface area contributed by atoms with Crippen LogP contribution in [0.25, 0.3) is 0 Å². The molecule has 1 aliphatic rings. The van der Waals surface area contributed by atoms with Crippen LogP contribution in [0.3, 0.4) is 0 Å². The minimum atomic E-state index is 0.333. The highest BCUT2D eigenvalue weighted by atomic mass is 35.5. The molecule has 1 fully saturated rings. The highest BCUT2D eigenvalue weighted by molar-refractivity contribution is 6.31. The first-order chi connectivity index (χ1) is 6.77. The van der Waals surface area contributed by atoms with Crippen molar-refractivity contribution in [3.63, 3.8) is 0 Å². The molecule has 0 aromatic carbocycles. The van der Waals surface area contributed by atoms with E-state index in [0.29, 0.717) is 5.38 Å². The van der Waals surface area contributed by atoms with Gasteiger partial charge in [-0.25, -0.2) is 0 Å². The fourth-order valence-corrected chi connectivity index (χ4v) is 2.17. The fourth-order valence-electron chi connectivity index (χ4n) is 1.59. The normalized spacial score (nSPS) is 18.1. The van der Waals surface area contributed by atoms with Gasteiger partial charge in [-0.05, 0) is 43.2 Å². The largest absolute Gasteiger partial charge is 0.263 e. The molecule has 3 heteroatoms. The van der Waals surface area contributed by atoms with Gasteiger partial charge in [0.2, 0.25) is 0 Å². The molecule has 1 atom stereocenters. The molecule has 0 spiro atoms. The smallest absolute Gasteiger partial charge is 0.0621 e. The van der Waals surface area contributed by atoms with Crippen LogP contribution in [0.5, 0.6) is 0 Å². The Hall–Kier alpha value is -0.270. The number of hydrogen-bond donors (Lipinski definition) is 0. The van der Waals surface area contributed by atoms with Gasteiger partial charge in [-0.3, -0.25) is 4.98 Å². The molecule has 1 saturated carbocycles. The SMILES string of the molecule is Clc1cnccc1CCC(Cl)C1CC1. The van der Waals surface area contributed by atoms with Crippen LogP contribution in [0.4, 0.5) is 0 Å². The minimum Gasteiger partial charge on any atom is -0.263 e. The summed E-state index contributed by atoms with van der Waals surface area (Å²) in [6, 6.07) is 1.97. The van der Waals surface area contributed by atoms with Gasteiger partial charge in [0, 0.05) is 17.8 Å². The number of nitrogens with zero attached hydrogens (tertiary/aromatic N) is 1. The van der Waals surface area contributed by atoms with Crippen molar-refractivity contribution in [1.29, 1.82) is 0 Å². The summed E-state index contributed by atoms with van der Waals surface area (Å²) in [6.45, 7) is 0. The van der Waals surface area contributed by atoms with Crippen molar-refractivity contribution in [2.75, 3.05) is 0 Å². The highest BCUT2D eigenvalue weighted by Gasteiger charge is 2.29. The lowest BCUT2D eigenvalue weighted by atomic mass is 10.1. The summed E-state index contributed by atoms with van der Waals surface area (Å²) in [6.07, 6.45) is 8.07. The summed E-state index contributed by atoms with van der Waals surface area (Å²) in [7, 11) is 0. The molecule has 1 unspecified atom stereocenters. The number of hydrogen-bond acceptors (Lipinski definition) is 1. The topological polar surface area (TPSA) is 12.9 Å². The van der Waals surface area contributed by atoms with Gasteiger partial charge < -0.3 is 0 Å².